The number of hydrogen-bond donors (Lipinski definition) is 1. The lowest BCUT2D eigenvalue weighted by atomic mass is 10.0. The van der Waals surface area contributed by atoms with E-state index in [1.54, 1.807) is 12.0 Å². The van der Waals surface area contributed by atoms with Gasteiger partial charge in [-0.05, 0) is 54.0 Å². The Hall–Kier alpha value is -2.82. The van der Waals surface area contributed by atoms with E-state index in [2.05, 4.69) is 50.4 Å². The predicted molar refractivity (Wildman–Crippen MR) is 130 cm³/mol. The van der Waals surface area contributed by atoms with E-state index in [-0.39, 0.29) is 11.8 Å². The normalized spacial score (nSPS) is 11.8. The van der Waals surface area contributed by atoms with E-state index >= 15 is 0 Å². The molecule has 0 spiro atoms. The van der Waals surface area contributed by atoms with Crippen LogP contribution in [0, 0.1) is 5.92 Å². The lowest BCUT2D eigenvalue weighted by molar-refractivity contribution is -0.141. The van der Waals surface area contributed by atoms with Gasteiger partial charge in [-0.25, -0.2) is 0 Å². The molecule has 32 heavy (non-hydrogen) atoms. The van der Waals surface area contributed by atoms with Crippen molar-refractivity contribution < 1.29 is 14.3 Å². The van der Waals surface area contributed by atoms with E-state index < -0.39 is 6.04 Å². The SMILES string of the molecule is CCc1ccc(CCC(=O)N(Cc2ccc(OC)cc2)[C@H](CC)C(=O)NCC(C)C)cc1. The van der Waals surface area contributed by atoms with Gasteiger partial charge in [-0.1, -0.05) is 64.1 Å². The van der Waals surface area contributed by atoms with Gasteiger partial charge in [0.25, 0.3) is 0 Å². The van der Waals surface area contributed by atoms with Crippen LogP contribution in [0.5, 0.6) is 5.75 Å². The van der Waals surface area contributed by atoms with Gasteiger partial charge in [0.2, 0.25) is 11.8 Å². The minimum Gasteiger partial charge on any atom is -0.497 e. The molecule has 1 atom stereocenters. The first-order chi connectivity index (χ1) is 15.4. The maximum atomic E-state index is 13.3. The highest BCUT2D eigenvalue weighted by Crippen LogP contribution is 2.18. The van der Waals surface area contributed by atoms with Crippen LogP contribution in [-0.4, -0.2) is 36.4 Å². The Balaban J connectivity index is 2.17. The number of methoxy groups -OCH3 is 1. The number of amides is 2. The molecule has 2 rings (SSSR count). The van der Waals surface area contributed by atoms with E-state index in [4.69, 9.17) is 4.74 Å². The number of carbonyl (C=O) groups excluding carboxylic acids is 2. The number of nitrogens with one attached hydrogen (secondary N) is 1. The van der Waals surface area contributed by atoms with Crippen molar-refractivity contribution in [2.45, 2.75) is 66.0 Å². The molecular formula is C27H38N2O3. The molecule has 5 heteroatoms. The zero-order chi connectivity index (χ0) is 23.5. The van der Waals surface area contributed by atoms with Crippen molar-refractivity contribution in [3.8, 4) is 5.75 Å². The highest BCUT2D eigenvalue weighted by Gasteiger charge is 2.28. The highest BCUT2D eigenvalue weighted by molar-refractivity contribution is 5.87. The lowest BCUT2D eigenvalue weighted by Crippen LogP contribution is -2.49. The molecule has 2 amide bonds. The predicted octanol–water partition coefficient (Wildman–Crippen LogP) is 4.77. The second-order valence-corrected chi connectivity index (χ2v) is 8.60. The average molecular weight is 439 g/mol. The Morgan fingerprint density at radius 2 is 1.53 bits per heavy atom. The first-order valence-corrected chi connectivity index (χ1v) is 11.7. The third kappa shape index (κ3) is 7.70. The van der Waals surface area contributed by atoms with Gasteiger partial charge in [0.1, 0.15) is 11.8 Å². The molecule has 0 fully saturated rings. The molecular weight excluding hydrogens is 400 g/mol. The van der Waals surface area contributed by atoms with Gasteiger partial charge in [-0.3, -0.25) is 9.59 Å². The third-order valence-corrected chi connectivity index (χ3v) is 5.64. The van der Waals surface area contributed by atoms with E-state index in [1.165, 1.54) is 5.56 Å². The molecule has 2 aromatic carbocycles. The fourth-order valence-electron chi connectivity index (χ4n) is 3.61. The number of carbonyl (C=O) groups is 2. The standard InChI is InChI=1S/C27H38N2O3/c1-6-21-8-10-22(11-9-21)14-17-26(30)29(19-23-12-15-24(32-5)16-13-23)25(7-2)27(31)28-18-20(3)4/h8-13,15-16,20,25H,6-7,14,17-19H2,1-5H3,(H,28,31)/t25-/m1/s1. The van der Waals surface area contributed by atoms with Crippen LogP contribution < -0.4 is 10.1 Å². The molecule has 0 aromatic heterocycles. The van der Waals surface area contributed by atoms with Crippen molar-refractivity contribution in [3.05, 3.63) is 65.2 Å². The molecule has 0 heterocycles. The van der Waals surface area contributed by atoms with E-state index in [0.29, 0.717) is 38.3 Å². The number of hydrogen-bond acceptors (Lipinski definition) is 3. The van der Waals surface area contributed by atoms with E-state index in [0.717, 1.165) is 23.3 Å². The minimum atomic E-state index is -0.495. The second kappa shape index (κ2) is 12.9. The topological polar surface area (TPSA) is 58.6 Å². The zero-order valence-electron chi connectivity index (χ0n) is 20.2. The zero-order valence-corrected chi connectivity index (χ0v) is 20.2. The molecule has 0 aliphatic rings. The van der Waals surface area contributed by atoms with Gasteiger partial charge in [-0.2, -0.15) is 0 Å². The molecule has 5 nitrogen and oxygen atoms in total. The third-order valence-electron chi connectivity index (χ3n) is 5.64. The molecule has 0 saturated carbocycles. The highest BCUT2D eigenvalue weighted by atomic mass is 16.5. The van der Waals surface area contributed by atoms with Crippen molar-refractivity contribution in [3.63, 3.8) is 0 Å². The van der Waals surface area contributed by atoms with Crippen molar-refractivity contribution in [1.29, 1.82) is 0 Å². The van der Waals surface area contributed by atoms with Gasteiger partial charge in [0.05, 0.1) is 7.11 Å². The average Bonchev–Trinajstić information content (AvgIpc) is 2.81. The number of rotatable bonds is 12. The summed E-state index contributed by atoms with van der Waals surface area (Å²) in [6.45, 7) is 9.20. The molecule has 0 aliphatic heterocycles. The van der Waals surface area contributed by atoms with Crippen molar-refractivity contribution >= 4 is 11.8 Å². The Bertz CT molecular complexity index is 844. The van der Waals surface area contributed by atoms with Crippen molar-refractivity contribution in [2.75, 3.05) is 13.7 Å². The van der Waals surface area contributed by atoms with Gasteiger partial charge in [0, 0.05) is 19.5 Å². The minimum absolute atomic E-state index is 0.00747. The van der Waals surface area contributed by atoms with Crippen LogP contribution in [0.2, 0.25) is 0 Å². The van der Waals surface area contributed by atoms with Crippen LogP contribution in [0.25, 0.3) is 0 Å². The summed E-state index contributed by atoms with van der Waals surface area (Å²) < 4.78 is 5.24. The molecule has 0 radical (unpaired) electrons. The van der Waals surface area contributed by atoms with E-state index in [9.17, 15) is 9.59 Å². The Labute approximate surface area is 193 Å². The molecule has 1 N–H and O–H groups in total. The summed E-state index contributed by atoms with van der Waals surface area (Å²) in [5.74, 6) is 1.03. The van der Waals surface area contributed by atoms with Crippen LogP contribution in [0.15, 0.2) is 48.5 Å². The molecule has 2 aromatic rings. The molecule has 0 bridgehead atoms. The lowest BCUT2D eigenvalue weighted by Gasteiger charge is -2.31. The summed E-state index contributed by atoms with van der Waals surface area (Å²) in [5.41, 5.74) is 3.40. The number of nitrogens with zero attached hydrogens (tertiary/aromatic N) is 1. The first kappa shape index (κ1) is 25.4. The molecule has 0 saturated heterocycles. The van der Waals surface area contributed by atoms with Gasteiger partial charge >= 0.3 is 0 Å². The molecule has 0 aliphatic carbocycles. The first-order valence-electron chi connectivity index (χ1n) is 11.7. The fourth-order valence-corrected chi connectivity index (χ4v) is 3.61. The summed E-state index contributed by atoms with van der Waals surface area (Å²) in [7, 11) is 1.63. The monoisotopic (exact) mass is 438 g/mol. The number of aryl methyl sites for hydroxylation is 2. The van der Waals surface area contributed by atoms with Crippen LogP contribution in [0.3, 0.4) is 0 Å². The van der Waals surface area contributed by atoms with E-state index in [1.807, 2.05) is 31.2 Å². The van der Waals surface area contributed by atoms with Crippen molar-refractivity contribution in [1.82, 2.24) is 10.2 Å². The van der Waals surface area contributed by atoms with Crippen molar-refractivity contribution in [2.24, 2.45) is 5.92 Å². The number of benzene rings is 2. The fraction of sp³-hybridized carbons (Fsp3) is 0.481. The molecule has 174 valence electrons. The van der Waals surface area contributed by atoms with Crippen LogP contribution in [0.4, 0.5) is 0 Å². The number of ether oxygens (including phenoxy) is 1. The van der Waals surface area contributed by atoms with Crippen LogP contribution in [0.1, 0.15) is 57.2 Å². The largest absolute Gasteiger partial charge is 0.497 e. The Morgan fingerprint density at radius 3 is 2.06 bits per heavy atom. The second-order valence-electron chi connectivity index (χ2n) is 8.60. The summed E-state index contributed by atoms with van der Waals surface area (Å²) in [6.07, 6.45) is 2.59. The van der Waals surface area contributed by atoms with Gasteiger partial charge in [-0.15, -0.1) is 0 Å². The maximum absolute atomic E-state index is 13.3. The smallest absolute Gasteiger partial charge is 0.242 e. The van der Waals surface area contributed by atoms with Gasteiger partial charge < -0.3 is 15.0 Å². The summed E-state index contributed by atoms with van der Waals surface area (Å²) in [5, 5.41) is 3.01. The summed E-state index contributed by atoms with van der Waals surface area (Å²) >= 11 is 0. The summed E-state index contributed by atoms with van der Waals surface area (Å²) in [6, 6.07) is 15.6. The van der Waals surface area contributed by atoms with Crippen LogP contribution in [-0.2, 0) is 29.0 Å². The quantitative estimate of drug-likeness (QED) is 0.519. The Kier molecular flexibility index (Phi) is 10.3. The Morgan fingerprint density at radius 1 is 0.938 bits per heavy atom. The molecule has 0 unspecified atom stereocenters. The van der Waals surface area contributed by atoms with Gasteiger partial charge in [0.15, 0.2) is 0 Å². The van der Waals surface area contributed by atoms with Crippen LogP contribution >= 0.6 is 0 Å². The summed E-state index contributed by atoms with van der Waals surface area (Å²) in [4.78, 5) is 28.0. The maximum Gasteiger partial charge on any atom is 0.242 e.